The highest BCUT2D eigenvalue weighted by Gasteiger charge is 2.34. The van der Waals surface area contributed by atoms with Crippen LogP contribution in [0.4, 0.5) is 17.6 Å². The standard InChI is InChI=1S/C16H12F4O/c1-9-3-5-12(10(2)7-9)15(21)11-4-6-13(14(17)8-11)16(18,19)20/h3-8H,1-2H3. The number of hydrogen-bond acceptors (Lipinski definition) is 1. The normalized spacial score (nSPS) is 11.5. The number of alkyl halides is 3. The number of carbonyl (C=O) groups excluding carboxylic acids is 1. The van der Waals surface area contributed by atoms with Crippen LogP contribution < -0.4 is 0 Å². The summed E-state index contributed by atoms with van der Waals surface area (Å²) in [4.78, 5) is 12.2. The lowest BCUT2D eigenvalue weighted by atomic mass is 9.97. The SMILES string of the molecule is Cc1ccc(C(=O)c2ccc(C(F)(F)F)c(F)c2)c(C)c1. The summed E-state index contributed by atoms with van der Waals surface area (Å²) < 4.78 is 51.0. The Balaban J connectivity index is 2.43. The molecule has 1 nitrogen and oxygen atoms in total. The van der Waals surface area contributed by atoms with Crippen LogP contribution in [0.25, 0.3) is 0 Å². The van der Waals surface area contributed by atoms with Crippen LogP contribution in [-0.2, 0) is 6.18 Å². The first-order chi connectivity index (χ1) is 9.70. The fourth-order valence-electron chi connectivity index (χ4n) is 2.11. The monoisotopic (exact) mass is 296 g/mol. The van der Waals surface area contributed by atoms with Crippen molar-refractivity contribution in [2.75, 3.05) is 0 Å². The molecular formula is C16H12F4O. The van der Waals surface area contributed by atoms with E-state index in [1.165, 1.54) is 0 Å². The van der Waals surface area contributed by atoms with Crippen LogP contribution in [0.2, 0.25) is 0 Å². The molecular weight excluding hydrogens is 284 g/mol. The van der Waals surface area contributed by atoms with Gasteiger partial charge in [-0.05, 0) is 31.5 Å². The zero-order chi connectivity index (χ0) is 15.8. The van der Waals surface area contributed by atoms with Crippen molar-refractivity contribution in [3.8, 4) is 0 Å². The van der Waals surface area contributed by atoms with E-state index in [0.717, 1.165) is 11.6 Å². The molecule has 0 aliphatic carbocycles. The molecule has 0 aliphatic rings. The van der Waals surface area contributed by atoms with Gasteiger partial charge in [0.1, 0.15) is 5.82 Å². The molecule has 21 heavy (non-hydrogen) atoms. The smallest absolute Gasteiger partial charge is 0.289 e. The largest absolute Gasteiger partial charge is 0.419 e. The van der Waals surface area contributed by atoms with Crippen LogP contribution in [0.5, 0.6) is 0 Å². The van der Waals surface area contributed by atoms with Gasteiger partial charge in [-0.1, -0.05) is 29.8 Å². The average molecular weight is 296 g/mol. The first kappa shape index (κ1) is 15.2. The molecule has 5 heteroatoms. The van der Waals surface area contributed by atoms with Crippen LogP contribution in [0.3, 0.4) is 0 Å². The number of carbonyl (C=O) groups is 1. The van der Waals surface area contributed by atoms with Crippen LogP contribution in [0.15, 0.2) is 36.4 Å². The minimum Gasteiger partial charge on any atom is -0.289 e. The maximum Gasteiger partial charge on any atom is 0.419 e. The average Bonchev–Trinajstić information content (AvgIpc) is 2.36. The Morgan fingerprint density at radius 3 is 2.19 bits per heavy atom. The molecule has 2 aromatic carbocycles. The molecule has 0 saturated heterocycles. The molecule has 0 amide bonds. The Labute approximate surface area is 119 Å². The van der Waals surface area contributed by atoms with Crippen molar-refractivity contribution in [3.63, 3.8) is 0 Å². The summed E-state index contributed by atoms with van der Waals surface area (Å²) in [6.45, 7) is 3.58. The van der Waals surface area contributed by atoms with E-state index in [1.807, 2.05) is 6.92 Å². The highest BCUT2D eigenvalue weighted by Crippen LogP contribution is 2.32. The van der Waals surface area contributed by atoms with Gasteiger partial charge in [0.15, 0.2) is 5.78 Å². The molecule has 2 rings (SSSR count). The maximum atomic E-state index is 13.5. The molecule has 0 fully saturated rings. The van der Waals surface area contributed by atoms with Crippen molar-refractivity contribution >= 4 is 5.78 Å². The highest BCUT2D eigenvalue weighted by atomic mass is 19.4. The minimum absolute atomic E-state index is 0.104. The van der Waals surface area contributed by atoms with E-state index in [2.05, 4.69) is 0 Å². The Hall–Kier alpha value is -2.17. The highest BCUT2D eigenvalue weighted by molar-refractivity contribution is 6.09. The second-order valence-electron chi connectivity index (χ2n) is 4.84. The number of rotatable bonds is 2. The molecule has 0 aromatic heterocycles. The van der Waals surface area contributed by atoms with Gasteiger partial charge < -0.3 is 0 Å². The molecule has 110 valence electrons. The van der Waals surface area contributed by atoms with E-state index in [4.69, 9.17) is 0 Å². The lowest BCUT2D eigenvalue weighted by Crippen LogP contribution is -2.10. The van der Waals surface area contributed by atoms with Crippen molar-refractivity contribution in [1.82, 2.24) is 0 Å². The third-order valence-corrected chi connectivity index (χ3v) is 3.16. The van der Waals surface area contributed by atoms with E-state index >= 15 is 0 Å². The Morgan fingerprint density at radius 1 is 1.00 bits per heavy atom. The fourth-order valence-corrected chi connectivity index (χ4v) is 2.11. The van der Waals surface area contributed by atoms with Gasteiger partial charge in [-0.3, -0.25) is 4.79 Å². The maximum absolute atomic E-state index is 13.5. The van der Waals surface area contributed by atoms with Gasteiger partial charge >= 0.3 is 6.18 Å². The van der Waals surface area contributed by atoms with E-state index in [9.17, 15) is 22.4 Å². The molecule has 0 unspecified atom stereocenters. The summed E-state index contributed by atoms with van der Waals surface area (Å²) >= 11 is 0. The van der Waals surface area contributed by atoms with Gasteiger partial charge in [0.2, 0.25) is 0 Å². The summed E-state index contributed by atoms with van der Waals surface area (Å²) in [5, 5.41) is 0. The van der Waals surface area contributed by atoms with Gasteiger partial charge in [-0.15, -0.1) is 0 Å². The molecule has 2 aromatic rings. The minimum atomic E-state index is -4.77. The first-order valence-corrected chi connectivity index (χ1v) is 6.19. The van der Waals surface area contributed by atoms with Gasteiger partial charge in [0.25, 0.3) is 0 Å². The van der Waals surface area contributed by atoms with Crippen molar-refractivity contribution in [2.45, 2.75) is 20.0 Å². The first-order valence-electron chi connectivity index (χ1n) is 6.19. The molecule has 0 spiro atoms. The Morgan fingerprint density at radius 2 is 1.67 bits per heavy atom. The quantitative estimate of drug-likeness (QED) is 0.580. The van der Waals surface area contributed by atoms with Crippen molar-refractivity contribution in [1.29, 1.82) is 0 Å². The fraction of sp³-hybridized carbons (Fsp3) is 0.188. The molecule has 0 heterocycles. The topological polar surface area (TPSA) is 17.1 Å². The number of halogens is 4. The zero-order valence-corrected chi connectivity index (χ0v) is 11.4. The summed E-state index contributed by atoms with van der Waals surface area (Å²) in [6, 6.07) is 7.31. The molecule has 0 bridgehead atoms. The second kappa shape index (κ2) is 5.31. The predicted molar refractivity (Wildman–Crippen MR) is 70.8 cm³/mol. The third kappa shape index (κ3) is 3.12. The number of benzene rings is 2. The summed E-state index contributed by atoms with van der Waals surface area (Å²) in [5.74, 6) is -1.95. The second-order valence-corrected chi connectivity index (χ2v) is 4.84. The van der Waals surface area contributed by atoms with Crippen molar-refractivity contribution in [2.24, 2.45) is 0 Å². The van der Waals surface area contributed by atoms with E-state index < -0.39 is 23.3 Å². The van der Waals surface area contributed by atoms with Gasteiger partial charge in [-0.2, -0.15) is 13.2 Å². The van der Waals surface area contributed by atoms with Crippen molar-refractivity contribution in [3.05, 3.63) is 70.0 Å². The number of aryl methyl sites for hydroxylation is 2. The zero-order valence-electron chi connectivity index (χ0n) is 11.4. The van der Waals surface area contributed by atoms with Gasteiger partial charge in [0.05, 0.1) is 5.56 Å². The lowest BCUT2D eigenvalue weighted by molar-refractivity contribution is -0.140. The molecule has 0 aliphatic heterocycles. The van der Waals surface area contributed by atoms with E-state index in [0.29, 0.717) is 23.3 Å². The van der Waals surface area contributed by atoms with Crippen molar-refractivity contribution < 1.29 is 22.4 Å². The Bertz CT molecular complexity index is 702. The molecule has 0 saturated carbocycles. The van der Waals surface area contributed by atoms with Gasteiger partial charge in [0, 0.05) is 11.1 Å². The predicted octanol–water partition coefficient (Wildman–Crippen LogP) is 4.69. The third-order valence-electron chi connectivity index (χ3n) is 3.16. The summed E-state index contributed by atoms with van der Waals surface area (Å²) in [5.41, 5.74) is 0.523. The molecule has 0 atom stereocenters. The van der Waals surface area contributed by atoms with Crippen LogP contribution in [-0.4, -0.2) is 5.78 Å². The van der Waals surface area contributed by atoms with Crippen LogP contribution in [0.1, 0.15) is 32.6 Å². The number of hydrogen-bond donors (Lipinski definition) is 0. The Kier molecular flexibility index (Phi) is 3.85. The lowest BCUT2D eigenvalue weighted by Gasteiger charge is -2.10. The van der Waals surface area contributed by atoms with E-state index in [1.54, 1.807) is 25.1 Å². The summed E-state index contributed by atoms with van der Waals surface area (Å²) in [7, 11) is 0. The number of ketones is 1. The molecule has 0 N–H and O–H groups in total. The van der Waals surface area contributed by atoms with Crippen LogP contribution in [0, 0.1) is 19.7 Å². The van der Waals surface area contributed by atoms with Crippen LogP contribution >= 0.6 is 0 Å². The van der Waals surface area contributed by atoms with E-state index in [-0.39, 0.29) is 5.56 Å². The summed E-state index contributed by atoms with van der Waals surface area (Å²) in [6.07, 6.45) is -4.77. The van der Waals surface area contributed by atoms with Gasteiger partial charge in [-0.25, -0.2) is 4.39 Å². The molecule has 0 radical (unpaired) electrons.